The van der Waals surface area contributed by atoms with E-state index in [4.69, 9.17) is 5.73 Å². The molecule has 3 rings (SSSR count). The number of nitrogen functional groups attached to an aromatic ring is 1. The van der Waals surface area contributed by atoms with Crippen LogP contribution in [0.15, 0.2) is 53.3 Å². The highest BCUT2D eigenvalue weighted by molar-refractivity contribution is 9.10. The second kappa shape index (κ2) is 3.89. The summed E-state index contributed by atoms with van der Waals surface area (Å²) < 4.78 is 3.10. The van der Waals surface area contributed by atoms with Gasteiger partial charge in [-0.15, -0.1) is 0 Å². The Balaban J connectivity index is 2.21. The van der Waals surface area contributed by atoms with Crippen LogP contribution in [0.2, 0.25) is 0 Å². The van der Waals surface area contributed by atoms with Crippen molar-refractivity contribution in [3.05, 3.63) is 53.3 Å². The van der Waals surface area contributed by atoms with Crippen molar-refractivity contribution in [3.63, 3.8) is 0 Å². The maximum atomic E-state index is 5.68. The van der Waals surface area contributed by atoms with Crippen LogP contribution in [-0.4, -0.2) is 9.38 Å². The predicted octanol–water partition coefficient (Wildman–Crippen LogP) is 3.35. The summed E-state index contributed by atoms with van der Waals surface area (Å²) >= 11 is 3.45. The predicted molar refractivity (Wildman–Crippen MR) is 72.7 cm³/mol. The van der Waals surface area contributed by atoms with Crippen molar-refractivity contribution in [1.82, 2.24) is 9.38 Å². The second-order valence-corrected chi connectivity index (χ2v) is 4.76. The zero-order valence-electron chi connectivity index (χ0n) is 8.97. The van der Waals surface area contributed by atoms with Gasteiger partial charge >= 0.3 is 0 Å². The minimum atomic E-state index is 0.761. The molecule has 3 aromatic rings. The Morgan fingerprint density at radius 2 is 1.88 bits per heavy atom. The van der Waals surface area contributed by atoms with Gasteiger partial charge in [0.1, 0.15) is 5.82 Å². The molecule has 1 aromatic carbocycles. The molecule has 0 radical (unpaired) electrons. The fraction of sp³-hybridized carbons (Fsp3) is 0. The standard InChI is InChI=1S/C13H10BrN3/c14-10-5-6-17-12(7-10)8-16-13(17)9-1-3-11(15)4-2-9/h1-8H,15H2. The molecule has 0 spiro atoms. The Morgan fingerprint density at radius 3 is 2.65 bits per heavy atom. The number of fused-ring (bicyclic) bond motifs is 1. The van der Waals surface area contributed by atoms with Crippen LogP contribution in [0.5, 0.6) is 0 Å². The van der Waals surface area contributed by atoms with Crippen LogP contribution in [0.3, 0.4) is 0 Å². The summed E-state index contributed by atoms with van der Waals surface area (Å²) in [6, 6.07) is 11.8. The van der Waals surface area contributed by atoms with E-state index < -0.39 is 0 Å². The maximum Gasteiger partial charge on any atom is 0.144 e. The quantitative estimate of drug-likeness (QED) is 0.698. The van der Waals surface area contributed by atoms with Crippen molar-refractivity contribution in [2.45, 2.75) is 0 Å². The first-order chi connectivity index (χ1) is 8.24. The Kier molecular flexibility index (Phi) is 2.37. The highest BCUT2D eigenvalue weighted by Crippen LogP contribution is 2.22. The molecule has 4 heteroatoms. The lowest BCUT2D eigenvalue weighted by Crippen LogP contribution is -1.90. The first kappa shape index (κ1) is 10.4. The first-order valence-electron chi connectivity index (χ1n) is 5.22. The van der Waals surface area contributed by atoms with Gasteiger partial charge in [-0.3, -0.25) is 4.40 Å². The fourth-order valence-electron chi connectivity index (χ4n) is 1.82. The fourth-order valence-corrected chi connectivity index (χ4v) is 2.17. The lowest BCUT2D eigenvalue weighted by atomic mass is 10.2. The van der Waals surface area contributed by atoms with Crippen LogP contribution < -0.4 is 5.73 Å². The van der Waals surface area contributed by atoms with E-state index in [0.29, 0.717) is 0 Å². The Morgan fingerprint density at radius 1 is 1.12 bits per heavy atom. The molecule has 2 aromatic heterocycles. The van der Waals surface area contributed by atoms with Crippen molar-refractivity contribution >= 4 is 27.1 Å². The lowest BCUT2D eigenvalue weighted by molar-refractivity contribution is 1.16. The van der Waals surface area contributed by atoms with Crippen LogP contribution >= 0.6 is 15.9 Å². The molecule has 0 aliphatic rings. The summed E-state index contributed by atoms with van der Waals surface area (Å²) in [5.74, 6) is 0.924. The van der Waals surface area contributed by atoms with Crippen LogP contribution in [0.1, 0.15) is 0 Å². The molecule has 3 nitrogen and oxygen atoms in total. The number of hydrogen-bond acceptors (Lipinski definition) is 2. The smallest absolute Gasteiger partial charge is 0.144 e. The van der Waals surface area contributed by atoms with Gasteiger partial charge in [0.05, 0.1) is 11.7 Å². The highest BCUT2D eigenvalue weighted by Gasteiger charge is 2.05. The van der Waals surface area contributed by atoms with Gasteiger partial charge in [0.25, 0.3) is 0 Å². The Labute approximate surface area is 107 Å². The lowest BCUT2D eigenvalue weighted by Gasteiger charge is -2.02. The molecule has 0 saturated heterocycles. The Bertz CT molecular complexity index is 671. The van der Waals surface area contributed by atoms with Gasteiger partial charge in [-0.1, -0.05) is 15.9 Å². The summed E-state index contributed by atoms with van der Waals surface area (Å²) in [5.41, 5.74) is 8.56. The molecule has 2 heterocycles. The average Bonchev–Trinajstić information content (AvgIpc) is 2.73. The number of rotatable bonds is 1. The van der Waals surface area contributed by atoms with Crippen molar-refractivity contribution in [2.24, 2.45) is 0 Å². The molecule has 0 saturated carbocycles. The van der Waals surface area contributed by atoms with Gasteiger partial charge in [0.15, 0.2) is 0 Å². The van der Waals surface area contributed by atoms with Crippen LogP contribution in [0.25, 0.3) is 16.9 Å². The minimum absolute atomic E-state index is 0.761. The molecule has 0 fully saturated rings. The van der Waals surface area contributed by atoms with Gasteiger partial charge in [-0.25, -0.2) is 4.98 Å². The van der Waals surface area contributed by atoms with Crippen LogP contribution in [0.4, 0.5) is 5.69 Å². The van der Waals surface area contributed by atoms with Gasteiger partial charge < -0.3 is 5.73 Å². The number of benzene rings is 1. The van der Waals surface area contributed by atoms with Gasteiger partial charge in [0.2, 0.25) is 0 Å². The SMILES string of the molecule is Nc1ccc(-c2ncc3cc(Br)ccn23)cc1. The van der Waals surface area contributed by atoms with Crippen LogP contribution in [-0.2, 0) is 0 Å². The molecular weight excluding hydrogens is 278 g/mol. The molecule has 0 bridgehead atoms. The molecule has 0 atom stereocenters. The number of anilines is 1. The third-order valence-electron chi connectivity index (χ3n) is 2.66. The first-order valence-corrected chi connectivity index (χ1v) is 6.02. The van der Waals surface area contributed by atoms with E-state index in [1.54, 1.807) is 0 Å². The number of nitrogens with zero attached hydrogens (tertiary/aromatic N) is 2. The van der Waals surface area contributed by atoms with Crippen molar-refractivity contribution < 1.29 is 0 Å². The van der Waals surface area contributed by atoms with E-state index >= 15 is 0 Å². The van der Waals surface area contributed by atoms with E-state index in [2.05, 4.69) is 25.3 Å². The van der Waals surface area contributed by atoms with E-state index in [1.165, 1.54) is 0 Å². The monoisotopic (exact) mass is 287 g/mol. The molecule has 0 aliphatic heterocycles. The van der Waals surface area contributed by atoms with E-state index in [1.807, 2.05) is 48.8 Å². The molecule has 84 valence electrons. The van der Waals surface area contributed by atoms with E-state index in [9.17, 15) is 0 Å². The number of pyridine rings is 1. The molecule has 0 amide bonds. The van der Waals surface area contributed by atoms with Gasteiger partial charge in [0, 0.05) is 21.9 Å². The summed E-state index contributed by atoms with van der Waals surface area (Å²) in [5, 5.41) is 0. The zero-order chi connectivity index (χ0) is 11.8. The number of halogens is 1. The summed E-state index contributed by atoms with van der Waals surface area (Å²) in [4.78, 5) is 4.44. The molecule has 0 aliphatic carbocycles. The highest BCUT2D eigenvalue weighted by atomic mass is 79.9. The van der Waals surface area contributed by atoms with Crippen molar-refractivity contribution in [1.29, 1.82) is 0 Å². The number of imidazole rings is 1. The number of nitrogens with two attached hydrogens (primary N) is 1. The molecular formula is C13H10BrN3. The normalized spacial score (nSPS) is 10.9. The Hall–Kier alpha value is -1.81. The van der Waals surface area contributed by atoms with Gasteiger partial charge in [-0.2, -0.15) is 0 Å². The molecule has 2 N–H and O–H groups in total. The second-order valence-electron chi connectivity index (χ2n) is 3.84. The third-order valence-corrected chi connectivity index (χ3v) is 3.16. The van der Waals surface area contributed by atoms with E-state index in [-0.39, 0.29) is 0 Å². The van der Waals surface area contributed by atoms with Crippen molar-refractivity contribution in [3.8, 4) is 11.4 Å². The van der Waals surface area contributed by atoms with Crippen molar-refractivity contribution in [2.75, 3.05) is 5.73 Å². The van der Waals surface area contributed by atoms with Gasteiger partial charge in [-0.05, 0) is 36.4 Å². The number of aromatic nitrogens is 2. The minimum Gasteiger partial charge on any atom is -0.399 e. The maximum absolute atomic E-state index is 5.68. The average molecular weight is 288 g/mol. The molecule has 0 unspecified atom stereocenters. The zero-order valence-corrected chi connectivity index (χ0v) is 10.6. The summed E-state index contributed by atoms with van der Waals surface area (Å²) in [6.45, 7) is 0. The molecule has 17 heavy (non-hydrogen) atoms. The largest absolute Gasteiger partial charge is 0.399 e. The third kappa shape index (κ3) is 1.80. The van der Waals surface area contributed by atoms with Crippen LogP contribution in [0, 0.1) is 0 Å². The van der Waals surface area contributed by atoms with E-state index in [0.717, 1.165) is 27.1 Å². The summed E-state index contributed by atoms with van der Waals surface area (Å²) in [6.07, 6.45) is 3.86. The number of hydrogen-bond donors (Lipinski definition) is 1. The summed E-state index contributed by atoms with van der Waals surface area (Å²) in [7, 11) is 0. The topological polar surface area (TPSA) is 43.3 Å².